The predicted octanol–water partition coefficient (Wildman–Crippen LogP) is 3.73. The van der Waals surface area contributed by atoms with Crippen LogP contribution in [0.5, 0.6) is 5.75 Å². The van der Waals surface area contributed by atoms with Gasteiger partial charge in [0.2, 0.25) is 10.0 Å². The van der Waals surface area contributed by atoms with Gasteiger partial charge in [-0.25, -0.2) is 13.1 Å². The van der Waals surface area contributed by atoms with Crippen LogP contribution >= 0.6 is 0 Å². The second kappa shape index (κ2) is 10.2. The normalized spacial score (nSPS) is 12.2. The second-order valence-electron chi connectivity index (χ2n) is 7.28. The van der Waals surface area contributed by atoms with Crippen LogP contribution in [-0.4, -0.2) is 20.9 Å². The van der Waals surface area contributed by atoms with E-state index in [1.54, 1.807) is 6.92 Å². The zero-order chi connectivity index (χ0) is 22.3. The summed E-state index contributed by atoms with van der Waals surface area (Å²) < 4.78 is 33.4. The van der Waals surface area contributed by atoms with E-state index >= 15 is 0 Å². The minimum atomic E-state index is -3.68. The Morgan fingerprint density at radius 2 is 1.58 bits per heavy atom. The first kappa shape index (κ1) is 22.5. The molecule has 6 nitrogen and oxygen atoms in total. The Kier molecular flexibility index (Phi) is 7.44. The van der Waals surface area contributed by atoms with Crippen molar-refractivity contribution >= 4 is 15.9 Å². The van der Waals surface area contributed by atoms with Gasteiger partial charge < -0.3 is 10.1 Å². The molecule has 3 aromatic rings. The van der Waals surface area contributed by atoms with Gasteiger partial charge in [-0.15, -0.1) is 0 Å². The molecule has 1 atom stereocenters. The largest absolute Gasteiger partial charge is 0.484 e. The van der Waals surface area contributed by atoms with Crippen molar-refractivity contribution in [2.24, 2.45) is 0 Å². The SMILES string of the molecule is Cc1ccc(CNC(=O)COc2ccc(S(=O)(=O)NC(C)c3ccccc3)cc2)cc1. The summed E-state index contributed by atoms with van der Waals surface area (Å²) in [4.78, 5) is 12.1. The summed E-state index contributed by atoms with van der Waals surface area (Å²) in [7, 11) is -3.68. The van der Waals surface area contributed by atoms with E-state index in [-0.39, 0.29) is 23.5 Å². The molecule has 0 aliphatic heterocycles. The quantitative estimate of drug-likeness (QED) is 0.533. The smallest absolute Gasteiger partial charge is 0.258 e. The lowest BCUT2D eigenvalue weighted by Gasteiger charge is -2.15. The van der Waals surface area contributed by atoms with Crippen molar-refractivity contribution < 1.29 is 17.9 Å². The Balaban J connectivity index is 1.51. The standard InChI is InChI=1S/C24H26N2O4S/c1-18-8-10-20(11-9-18)16-25-24(27)17-30-22-12-14-23(15-13-22)31(28,29)26-19(2)21-6-4-3-5-7-21/h3-15,19,26H,16-17H2,1-2H3,(H,25,27). The zero-order valence-electron chi connectivity index (χ0n) is 17.5. The van der Waals surface area contributed by atoms with Crippen molar-refractivity contribution in [3.05, 3.63) is 95.6 Å². The number of carbonyl (C=O) groups excluding carboxylic acids is 1. The molecule has 0 aliphatic carbocycles. The van der Waals surface area contributed by atoms with Gasteiger partial charge in [0.1, 0.15) is 5.75 Å². The first-order chi connectivity index (χ1) is 14.8. The molecular weight excluding hydrogens is 412 g/mol. The van der Waals surface area contributed by atoms with E-state index in [0.717, 1.165) is 16.7 Å². The summed E-state index contributed by atoms with van der Waals surface area (Å²) in [6, 6.07) is 22.9. The van der Waals surface area contributed by atoms with Gasteiger partial charge in [0.05, 0.1) is 4.90 Å². The van der Waals surface area contributed by atoms with Crippen LogP contribution in [0.3, 0.4) is 0 Å². The molecule has 2 N–H and O–H groups in total. The molecule has 1 amide bonds. The molecule has 3 aromatic carbocycles. The van der Waals surface area contributed by atoms with E-state index in [0.29, 0.717) is 12.3 Å². The second-order valence-corrected chi connectivity index (χ2v) is 8.99. The molecule has 1 unspecified atom stereocenters. The van der Waals surface area contributed by atoms with E-state index in [4.69, 9.17) is 4.74 Å². The Labute approximate surface area is 183 Å². The summed E-state index contributed by atoms with van der Waals surface area (Å²) in [6.07, 6.45) is 0. The molecule has 3 rings (SSSR count). The van der Waals surface area contributed by atoms with Gasteiger partial charge in [-0.05, 0) is 49.2 Å². The van der Waals surface area contributed by atoms with Crippen LogP contribution in [0.1, 0.15) is 29.7 Å². The highest BCUT2D eigenvalue weighted by Crippen LogP contribution is 2.19. The van der Waals surface area contributed by atoms with Crippen molar-refractivity contribution in [2.75, 3.05) is 6.61 Å². The number of hydrogen-bond acceptors (Lipinski definition) is 4. The molecule has 0 fully saturated rings. The highest BCUT2D eigenvalue weighted by Gasteiger charge is 2.18. The van der Waals surface area contributed by atoms with Gasteiger partial charge in [-0.2, -0.15) is 0 Å². The van der Waals surface area contributed by atoms with Gasteiger partial charge in [0.15, 0.2) is 6.61 Å². The van der Waals surface area contributed by atoms with Crippen LogP contribution in [0.2, 0.25) is 0 Å². The number of amides is 1. The van der Waals surface area contributed by atoms with E-state index in [2.05, 4.69) is 10.0 Å². The lowest BCUT2D eigenvalue weighted by Crippen LogP contribution is -2.28. The fourth-order valence-corrected chi connectivity index (χ4v) is 4.16. The molecule has 0 aliphatic rings. The average molecular weight is 439 g/mol. The highest BCUT2D eigenvalue weighted by atomic mass is 32.2. The molecule has 0 radical (unpaired) electrons. The zero-order valence-corrected chi connectivity index (χ0v) is 18.4. The van der Waals surface area contributed by atoms with Gasteiger partial charge >= 0.3 is 0 Å². The van der Waals surface area contributed by atoms with E-state index in [9.17, 15) is 13.2 Å². The molecule has 0 saturated carbocycles. The number of sulfonamides is 1. The van der Waals surface area contributed by atoms with Crippen molar-refractivity contribution in [3.63, 3.8) is 0 Å². The van der Waals surface area contributed by atoms with Gasteiger partial charge in [-0.3, -0.25) is 4.79 Å². The molecule has 0 heterocycles. The van der Waals surface area contributed by atoms with Crippen LogP contribution in [0.25, 0.3) is 0 Å². The first-order valence-electron chi connectivity index (χ1n) is 9.96. The number of aryl methyl sites for hydroxylation is 1. The van der Waals surface area contributed by atoms with Crippen LogP contribution in [-0.2, 0) is 21.4 Å². The molecule has 31 heavy (non-hydrogen) atoms. The molecule has 0 aromatic heterocycles. The van der Waals surface area contributed by atoms with Crippen LogP contribution in [0, 0.1) is 6.92 Å². The number of hydrogen-bond donors (Lipinski definition) is 2. The fraction of sp³-hybridized carbons (Fsp3) is 0.208. The summed E-state index contributed by atoms with van der Waals surface area (Å²) >= 11 is 0. The van der Waals surface area contributed by atoms with Gasteiger partial charge in [0.25, 0.3) is 5.91 Å². The van der Waals surface area contributed by atoms with Crippen molar-refractivity contribution in [3.8, 4) is 5.75 Å². The van der Waals surface area contributed by atoms with Gasteiger partial charge in [0, 0.05) is 12.6 Å². The summed E-state index contributed by atoms with van der Waals surface area (Å²) in [5, 5.41) is 2.79. The summed E-state index contributed by atoms with van der Waals surface area (Å²) in [5.74, 6) is 0.163. The number of carbonyl (C=O) groups is 1. The van der Waals surface area contributed by atoms with Crippen molar-refractivity contribution in [1.29, 1.82) is 0 Å². The number of benzene rings is 3. The summed E-state index contributed by atoms with van der Waals surface area (Å²) in [5.41, 5.74) is 3.04. The minimum Gasteiger partial charge on any atom is -0.484 e. The van der Waals surface area contributed by atoms with Crippen molar-refractivity contribution in [2.45, 2.75) is 31.3 Å². The summed E-state index contributed by atoms with van der Waals surface area (Å²) in [6.45, 7) is 4.07. The van der Waals surface area contributed by atoms with Crippen LogP contribution in [0.15, 0.2) is 83.8 Å². The number of rotatable bonds is 9. The third-order valence-corrected chi connectivity index (χ3v) is 6.30. The van der Waals surface area contributed by atoms with Gasteiger partial charge in [-0.1, -0.05) is 60.2 Å². The molecule has 7 heteroatoms. The maximum atomic E-state index is 12.6. The fourth-order valence-electron chi connectivity index (χ4n) is 2.93. The molecular formula is C24H26N2O4S. The lowest BCUT2D eigenvalue weighted by atomic mass is 10.1. The predicted molar refractivity (Wildman–Crippen MR) is 120 cm³/mol. The maximum Gasteiger partial charge on any atom is 0.258 e. The van der Waals surface area contributed by atoms with Crippen LogP contribution < -0.4 is 14.8 Å². The van der Waals surface area contributed by atoms with Crippen molar-refractivity contribution in [1.82, 2.24) is 10.0 Å². The lowest BCUT2D eigenvalue weighted by molar-refractivity contribution is -0.123. The molecule has 0 spiro atoms. The molecule has 0 bridgehead atoms. The van der Waals surface area contributed by atoms with E-state index < -0.39 is 10.0 Å². The van der Waals surface area contributed by atoms with Crippen LogP contribution in [0.4, 0.5) is 0 Å². The topological polar surface area (TPSA) is 84.5 Å². The highest BCUT2D eigenvalue weighted by molar-refractivity contribution is 7.89. The Hall–Kier alpha value is -3.16. The number of nitrogens with one attached hydrogen (secondary N) is 2. The molecule has 162 valence electrons. The monoisotopic (exact) mass is 438 g/mol. The number of ether oxygens (including phenoxy) is 1. The third-order valence-electron chi connectivity index (χ3n) is 4.75. The minimum absolute atomic E-state index is 0.131. The Bertz CT molecular complexity index is 1100. The van der Waals surface area contributed by atoms with E-state index in [1.165, 1.54) is 24.3 Å². The average Bonchev–Trinajstić information content (AvgIpc) is 2.78. The Morgan fingerprint density at radius 1 is 0.935 bits per heavy atom. The third kappa shape index (κ3) is 6.67. The molecule has 0 saturated heterocycles. The Morgan fingerprint density at radius 3 is 2.23 bits per heavy atom. The maximum absolute atomic E-state index is 12.6. The van der Waals surface area contributed by atoms with E-state index in [1.807, 2.05) is 61.5 Å². The first-order valence-corrected chi connectivity index (χ1v) is 11.4.